The Labute approximate surface area is 118 Å². The van der Waals surface area contributed by atoms with Crippen LogP contribution in [0.1, 0.15) is 0 Å². The summed E-state index contributed by atoms with van der Waals surface area (Å²) in [5, 5.41) is 3.65. The predicted octanol–water partition coefficient (Wildman–Crippen LogP) is 1.91. The lowest BCUT2D eigenvalue weighted by Gasteiger charge is -2.11. The van der Waals surface area contributed by atoms with Crippen LogP contribution < -0.4 is 16.6 Å². The number of halogens is 3. The van der Waals surface area contributed by atoms with Crippen molar-refractivity contribution >= 4 is 22.7 Å². The zero-order chi connectivity index (χ0) is 15.3. The Morgan fingerprint density at radius 2 is 1.95 bits per heavy atom. The number of para-hydroxylation sites is 1. The fourth-order valence-corrected chi connectivity index (χ4v) is 1.71. The maximum Gasteiger partial charge on any atom is 0.411 e. The summed E-state index contributed by atoms with van der Waals surface area (Å²) in [6.07, 6.45) is -4.32. The molecule has 4 N–H and O–H groups in total. The van der Waals surface area contributed by atoms with Gasteiger partial charge in [0.25, 0.3) is 0 Å². The van der Waals surface area contributed by atoms with Crippen molar-refractivity contribution in [2.45, 2.75) is 6.18 Å². The van der Waals surface area contributed by atoms with E-state index in [1.165, 1.54) is 0 Å². The van der Waals surface area contributed by atoms with Crippen molar-refractivity contribution < 1.29 is 17.9 Å². The molecule has 0 spiro atoms. The van der Waals surface area contributed by atoms with Crippen LogP contribution in [0, 0.1) is 0 Å². The van der Waals surface area contributed by atoms with Crippen LogP contribution in [-0.4, -0.2) is 35.9 Å². The third-order valence-electron chi connectivity index (χ3n) is 2.54. The van der Waals surface area contributed by atoms with E-state index in [0.717, 1.165) is 5.39 Å². The van der Waals surface area contributed by atoms with E-state index in [0.29, 0.717) is 11.3 Å². The van der Waals surface area contributed by atoms with Crippen LogP contribution in [0.5, 0.6) is 0 Å². The van der Waals surface area contributed by atoms with Crippen LogP contribution in [-0.2, 0) is 4.74 Å². The average Bonchev–Trinajstić information content (AvgIpc) is 2.45. The molecule has 21 heavy (non-hydrogen) atoms. The molecule has 0 aliphatic rings. The third kappa shape index (κ3) is 4.43. The molecule has 1 aromatic carbocycles. The highest BCUT2D eigenvalue weighted by molar-refractivity contribution is 5.89. The number of aromatic nitrogens is 2. The summed E-state index contributed by atoms with van der Waals surface area (Å²) >= 11 is 0. The number of ether oxygens (including phenoxy) is 1. The maximum absolute atomic E-state index is 11.9. The van der Waals surface area contributed by atoms with Crippen LogP contribution in [0.25, 0.3) is 10.9 Å². The number of rotatable bonds is 6. The van der Waals surface area contributed by atoms with Gasteiger partial charge in [0, 0.05) is 11.9 Å². The van der Waals surface area contributed by atoms with Gasteiger partial charge in [0.05, 0.1) is 12.1 Å². The van der Waals surface area contributed by atoms with E-state index < -0.39 is 12.8 Å². The Morgan fingerprint density at radius 3 is 2.67 bits per heavy atom. The van der Waals surface area contributed by atoms with Gasteiger partial charge in [0.2, 0.25) is 5.95 Å². The Morgan fingerprint density at radius 1 is 1.19 bits per heavy atom. The molecule has 0 atom stereocenters. The van der Waals surface area contributed by atoms with Crippen molar-refractivity contribution in [1.82, 2.24) is 9.97 Å². The van der Waals surface area contributed by atoms with Gasteiger partial charge >= 0.3 is 6.18 Å². The van der Waals surface area contributed by atoms with Gasteiger partial charge < -0.3 is 10.1 Å². The zero-order valence-electron chi connectivity index (χ0n) is 10.9. The molecule has 0 aliphatic carbocycles. The second-order valence-corrected chi connectivity index (χ2v) is 4.15. The molecule has 114 valence electrons. The molecule has 2 aromatic rings. The van der Waals surface area contributed by atoms with E-state index in [9.17, 15) is 13.2 Å². The summed E-state index contributed by atoms with van der Waals surface area (Å²) in [6, 6.07) is 7.20. The second-order valence-electron chi connectivity index (χ2n) is 4.15. The topological polar surface area (TPSA) is 85.1 Å². The van der Waals surface area contributed by atoms with E-state index in [1.54, 1.807) is 12.1 Å². The van der Waals surface area contributed by atoms with E-state index in [4.69, 9.17) is 5.84 Å². The van der Waals surface area contributed by atoms with Gasteiger partial charge in [0.1, 0.15) is 12.4 Å². The molecule has 0 saturated carbocycles. The molecule has 0 fully saturated rings. The lowest BCUT2D eigenvalue weighted by molar-refractivity contribution is -0.172. The molecule has 0 radical (unpaired) electrons. The predicted molar refractivity (Wildman–Crippen MR) is 72.7 cm³/mol. The SMILES string of the molecule is NNc1nc(NCCOCC(F)(F)F)c2ccccc2n1. The largest absolute Gasteiger partial charge is 0.411 e. The van der Waals surface area contributed by atoms with Crippen LogP contribution >= 0.6 is 0 Å². The number of alkyl halides is 3. The summed E-state index contributed by atoms with van der Waals surface area (Å²) in [4.78, 5) is 8.29. The molecular formula is C12H14F3N5O. The van der Waals surface area contributed by atoms with Crippen molar-refractivity contribution in [1.29, 1.82) is 0 Å². The molecule has 0 aliphatic heterocycles. The van der Waals surface area contributed by atoms with Crippen molar-refractivity contribution in [2.75, 3.05) is 30.5 Å². The first-order valence-electron chi connectivity index (χ1n) is 6.11. The molecule has 0 bridgehead atoms. The van der Waals surface area contributed by atoms with Crippen molar-refractivity contribution in [3.8, 4) is 0 Å². The molecule has 1 heterocycles. The molecule has 1 aromatic heterocycles. The minimum absolute atomic E-state index is 0.0940. The summed E-state index contributed by atoms with van der Waals surface area (Å²) < 4.78 is 40.3. The first-order valence-corrected chi connectivity index (χ1v) is 6.11. The highest BCUT2D eigenvalue weighted by Crippen LogP contribution is 2.21. The molecule has 6 nitrogen and oxygen atoms in total. The highest BCUT2D eigenvalue weighted by atomic mass is 19.4. The molecule has 0 saturated heterocycles. The lowest BCUT2D eigenvalue weighted by Crippen LogP contribution is -2.20. The van der Waals surface area contributed by atoms with Gasteiger partial charge in [-0.3, -0.25) is 5.43 Å². The van der Waals surface area contributed by atoms with Gasteiger partial charge in [-0.05, 0) is 12.1 Å². The number of hydrogen-bond acceptors (Lipinski definition) is 6. The highest BCUT2D eigenvalue weighted by Gasteiger charge is 2.27. The second kappa shape index (κ2) is 6.55. The third-order valence-corrected chi connectivity index (χ3v) is 2.54. The monoisotopic (exact) mass is 301 g/mol. The number of anilines is 2. The number of hydrogen-bond donors (Lipinski definition) is 3. The Hall–Kier alpha value is -2.13. The number of nitrogens with two attached hydrogens (primary N) is 1. The normalized spacial score (nSPS) is 11.6. The van der Waals surface area contributed by atoms with Crippen LogP contribution in [0.2, 0.25) is 0 Å². The van der Waals surface area contributed by atoms with E-state index >= 15 is 0 Å². The van der Waals surface area contributed by atoms with Crippen molar-refractivity contribution in [3.63, 3.8) is 0 Å². The standard InChI is InChI=1S/C12H14F3N5O/c13-12(14,15)7-21-6-5-17-10-8-3-1-2-4-9(8)18-11(19-10)20-16/h1-4H,5-7,16H2,(H2,17,18,19,20). The minimum atomic E-state index is -4.32. The number of nitrogens with zero attached hydrogens (tertiary/aromatic N) is 2. The van der Waals surface area contributed by atoms with Gasteiger partial charge in [-0.1, -0.05) is 12.1 Å². The average molecular weight is 301 g/mol. The summed E-state index contributed by atoms with van der Waals surface area (Å²) in [6.45, 7) is -1.18. The number of fused-ring (bicyclic) bond motifs is 1. The zero-order valence-corrected chi connectivity index (χ0v) is 10.9. The van der Waals surface area contributed by atoms with Gasteiger partial charge in [-0.2, -0.15) is 18.2 Å². The first kappa shape index (κ1) is 15.3. The number of benzene rings is 1. The van der Waals surface area contributed by atoms with E-state index in [-0.39, 0.29) is 19.1 Å². The molecule has 9 heteroatoms. The van der Waals surface area contributed by atoms with E-state index in [1.807, 2.05) is 12.1 Å². The Bertz CT molecular complexity index is 605. The number of hydrazine groups is 1. The van der Waals surface area contributed by atoms with Crippen LogP contribution in [0.3, 0.4) is 0 Å². The number of nitrogens with one attached hydrogen (secondary N) is 2. The molecule has 0 unspecified atom stereocenters. The summed E-state index contributed by atoms with van der Waals surface area (Å²) in [5.41, 5.74) is 3.00. The van der Waals surface area contributed by atoms with Crippen molar-refractivity contribution in [3.05, 3.63) is 24.3 Å². The Balaban J connectivity index is 2.01. The van der Waals surface area contributed by atoms with Gasteiger partial charge in [-0.15, -0.1) is 0 Å². The fourth-order valence-electron chi connectivity index (χ4n) is 1.71. The fraction of sp³-hybridized carbons (Fsp3) is 0.333. The molecule has 2 rings (SSSR count). The Kier molecular flexibility index (Phi) is 4.76. The minimum Gasteiger partial charge on any atom is -0.370 e. The first-order chi connectivity index (χ1) is 9.99. The summed E-state index contributed by atoms with van der Waals surface area (Å²) in [7, 11) is 0. The van der Waals surface area contributed by atoms with Crippen LogP contribution in [0.4, 0.5) is 24.9 Å². The lowest BCUT2D eigenvalue weighted by atomic mass is 10.2. The van der Waals surface area contributed by atoms with E-state index in [2.05, 4.69) is 25.4 Å². The van der Waals surface area contributed by atoms with Crippen molar-refractivity contribution in [2.24, 2.45) is 5.84 Å². The molecule has 0 amide bonds. The van der Waals surface area contributed by atoms with Gasteiger partial charge in [-0.25, -0.2) is 10.8 Å². The van der Waals surface area contributed by atoms with Gasteiger partial charge in [0.15, 0.2) is 0 Å². The maximum atomic E-state index is 11.9. The smallest absolute Gasteiger partial charge is 0.370 e. The number of nitrogen functional groups attached to an aromatic ring is 1. The molecular weight excluding hydrogens is 287 g/mol. The quantitative estimate of drug-likeness (QED) is 0.429. The van der Waals surface area contributed by atoms with Crippen LogP contribution in [0.15, 0.2) is 24.3 Å². The summed E-state index contributed by atoms with van der Waals surface area (Å²) in [5.74, 6) is 5.97.